The topological polar surface area (TPSA) is 47.6 Å². The number of rotatable bonds is 7. The molecular formula is C19H21ClFNO3. The normalized spacial score (nSPS) is 10.4. The van der Waals surface area contributed by atoms with Crippen molar-refractivity contribution in [2.24, 2.45) is 0 Å². The van der Waals surface area contributed by atoms with Crippen LogP contribution in [0.1, 0.15) is 36.2 Å². The van der Waals surface area contributed by atoms with Gasteiger partial charge in [-0.05, 0) is 56.2 Å². The summed E-state index contributed by atoms with van der Waals surface area (Å²) in [5.74, 6) is 0.163. The summed E-state index contributed by atoms with van der Waals surface area (Å²) in [6, 6.07) is 7.50. The molecule has 0 fully saturated rings. The van der Waals surface area contributed by atoms with Crippen LogP contribution in [0, 0.1) is 12.7 Å². The van der Waals surface area contributed by atoms with Crippen molar-refractivity contribution in [2.45, 2.75) is 27.2 Å². The first-order chi connectivity index (χ1) is 12.0. The lowest BCUT2D eigenvalue weighted by molar-refractivity contribution is 0.102. The van der Waals surface area contributed by atoms with E-state index in [-0.39, 0.29) is 11.7 Å². The van der Waals surface area contributed by atoms with E-state index in [9.17, 15) is 9.18 Å². The Morgan fingerprint density at radius 1 is 1.20 bits per heavy atom. The quantitative estimate of drug-likeness (QED) is 0.731. The fourth-order valence-electron chi connectivity index (χ4n) is 2.23. The number of aryl methyl sites for hydroxylation is 1. The number of anilines is 1. The molecule has 1 amide bonds. The maximum Gasteiger partial charge on any atom is 0.255 e. The van der Waals surface area contributed by atoms with Gasteiger partial charge < -0.3 is 14.8 Å². The summed E-state index contributed by atoms with van der Waals surface area (Å²) in [5.41, 5.74) is 1.29. The van der Waals surface area contributed by atoms with Crippen molar-refractivity contribution in [3.05, 3.63) is 52.3 Å². The summed E-state index contributed by atoms with van der Waals surface area (Å²) in [5, 5.41) is 3.03. The highest BCUT2D eigenvalue weighted by molar-refractivity contribution is 6.32. The minimum Gasteiger partial charge on any atom is -0.490 e. The number of ether oxygens (including phenoxy) is 2. The van der Waals surface area contributed by atoms with E-state index in [4.69, 9.17) is 21.1 Å². The molecule has 1 N–H and O–H groups in total. The van der Waals surface area contributed by atoms with Gasteiger partial charge in [0.15, 0.2) is 11.5 Å². The van der Waals surface area contributed by atoms with Crippen molar-refractivity contribution in [3.8, 4) is 11.5 Å². The minimum atomic E-state index is -0.365. The second kappa shape index (κ2) is 8.72. The molecule has 0 unspecified atom stereocenters. The summed E-state index contributed by atoms with van der Waals surface area (Å²) in [4.78, 5) is 12.5. The average Bonchev–Trinajstić information content (AvgIpc) is 2.57. The Balaban J connectivity index is 2.27. The van der Waals surface area contributed by atoms with Gasteiger partial charge in [0, 0.05) is 11.3 Å². The zero-order valence-corrected chi connectivity index (χ0v) is 15.2. The molecule has 2 rings (SSSR count). The van der Waals surface area contributed by atoms with Gasteiger partial charge >= 0.3 is 0 Å². The van der Waals surface area contributed by atoms with E-state index in [0.29, 0.717) is 46.5 Å². The van der Waals surface area contributed by atoms with Crippen molar-refractivity contribution >= 4 is 23.2 Å². The maximum atomic E-state index is 13.3. The molecule has 0 saturated heterocycles. The van der Waals surface area contributed by atoms with Gasteiger partial charge in [-0.2, -0.15) is 0 Å². The van der Waals surface area contributed by atoms with E-state index in [0.717, 1.165) is 6.42 Å². The smallest absolute Gasteiger partial charge is 0.255 e. The number of hydrogen-bond acceptors (Lipinski definition) is 3. The molecule has 6 heteroatoms. The first-order valence-electron chi connectivity index (χ1n) is 8.12. The minimum absolute atomic E-state index is 0.305. The molecule has 134 valence electrons. The van der Waals surface area contributed by atoms with Crippen LogP contribution in [0.15, 0.2) is 30.3 Å². The Bertz CT molecular complexity index is 765. The van der Waals surface area contributed by atoms with Crippen LogP contribution in [-0.2, 0) is 0 Å². The number of benzene rings is 2. The number of carbonyl (C=O) groups excluding carboxylic acids is 1. The van der Waals surface area contributed by atoms with Crippen LogP contribution in [0.3, 0.4) is 0 Å². The molecule has 0 saturated carbocycles. The third-order valence-electron chi connectivity index (χ3n) is 3.44. The van der Waals surface area contributed by atoms with Crippen LogP contribution in [0.25, 0.3) is 0 Å². The Hall–Kier alpha value is -2.27. The zero-order valence-electron chi connectivity index (χ0n) is 14.5. The monoisotopic (exact) mass is 365 g/mol. The molecule has 0 atom stereocenters. The number of nitrogens with one attached hydrogen (secondary N) is 1. The summed E-state index contributed by atoms with van der Waals surface area (Å²) < 4.78 is 24.5. The van der Waals surface area contributed by atoms with Gasteiger partial charge in [0.25, 0.3) is 5.91 Å². The summed E-state index contributed by atoms with van der Waals surface area (Å²) in [6.45, 7) is 6.38. The van der Waals surface area contributed by atoms with Gasteiger partial charge in [-0.25, -0.2) is 4.39 Å². The Morgan fingerprint density at radius 3 is 2.60 bits per heavy atom. The fourth-order valence-corrected chi connectivity index (χ4v) is 2.50. The first kappa shape index (κ1) is 19.1. The van der Waals surface area contributed by atoms with Gasteiger partial charge in [0.2, 0.25) is 0 Å². The van der Waals surface area contributed by atoms with Crippen molar-refractivity contribution in [1.82, 2.24) is 0 Å². The second-order valence-corrected chi connectivity index (χ2v) is 5.89. The SMILES string of the molecule is CCCOc1c(Cl)cc(C(=O)Nc2ccc(F)c(C)c2)cc1OCC. The highest BCUT2D eigenvalue weighted by atomic mass is 35.5. The number of halogens is 2. The molecule has 0 bridgehead atoms. The van der Waals surface area contributed by atoms with E-state index in [1.54, 1.807) is 19.1 Å². The van der Waals surface area contributed by atoms with E-state index in [1.807, 2.05) is 13.8 Å². The standard InChI is InChI=1S/C19H21ClFNO3/c1-4-8-25-18-15(20)10-13(11-17(18)24-5-2)19(23)22-14-6-7-16(21)12(3)9-14/h6-7,9-11H,4-5,8H2,1-3H3,(H,22,23). The first-order valence-corrected chi connectivity index (χ1v) is 8.50. The van der Waals surface area contributed by atoms with Gasteiger partial charge in [-0.3, -0.25) is 4.79 Å². The molecule has 0 aromatic heterocycles. The number of hydrogen-bond donors (Lipinski definition) is 1. The van der Waals surface area contributed by atoms with Gasteiger partial charge in [-0.1, -0.05) is 18.5 Å². The molecular weight excluding hydrogens is 345 g/mol. The van der Waals surface area contributed by atoms with Gasteiger partial charge in [-0.15, -0.1) is 0 Å². The lowest BCUT2D eigenvalue weighted by Gasteiger charge is -2.15. The second-order valence-electron chi connectivity index (χ2n) is 5.48. The summed E-state index contributed by atoms with van der Waals surface area (Å²) in [6.07, 6.45) is 0.827. The van der Waals surface area contributed by atoms with Gasteiger partial charge in [0.05, 0.1) is 18.2 Å². The van der Waals surface area contributed by atoms with Crippen molar-refractivity contribution in [1.29, 1.82) is 0 Å². The number of amides is 1. The van der Waals surface area contributed by atoms with Crippen molar-refractivity contribution in [2.75, 3.05) is 18.5 Å². The van der Waals surface area contributed by atoms with Gasteiger partial charge in [0.1, 0.15) is 5.82 Å². The highest BCUT2D eigenvalue weighted by Gasteiger charge is 2.16. The third kappa shape index (κ3) is 4.86. The maximum absolute atomic E-state index is 13.3. The summed E-state index contributed by atoms with van der Waals surface area (Å²) >= 11 is 6.26. The van der Waals surface area contributed by atoms with E-state index >= 15 is 0 Å². The molecule has 0 aliphatic carbocycles. The largest absolute Gasteiger partial charge is 0.490 e. The van der Waals surface area contributed by atoms with E-state index in [2.05, 4.69) is 5.32 Å². The van der Waals surface area contributed by atoms with Crippen molar-refractivity contribution in [3.63, 3.8) is 0 Å². The van der Waals surface area contributed by atoms with Crippen LogP contribution < -0.4 is 14.8 Å². The zero-order chi connectivity index (χ0) is 18.4. The van der Waals surface area contributed by atoms with Crippen molar-refractivity contribution < 1.29 is 18.7 Å². The van der Waals surface area contributed by atoms with Crippen LogP contribution in [0.4, 0.5) is 10.1 Å². The molecule has 0 aliphatic rings. The Labute approximate surface area is 151 Å². The molecule has 0 heterocycles. The highest BCUT2D eigenvalue weighted by Crippen LogP contribution is 2.37. The molecule has 0 radical (unpaired) electrons. The Kier molecular flexibility index (Phi) is 6.65. The molecule has 2 aromatic rings. The van der Waals surface area contributed by atoms with E-state index < -0.39 is 0 Å². The summed E-state index contributed by atoms with van der Waals surface area (Å²) in [7, 11) is 0. The molecule has 2 aromatic carbocycles. The third-order valence-corrected chi connectivity index (χ3v) is 3.72. The van der Waals surface area contributed by atoms with Crippen LogP contribution in [0.5, 0.6) is 11.5 Å². The molecule has 25 heavy (non-hydrogen) atoms. The predicted molar refractivity (Wildman–Crippen MR) is 97.5 cm³/mol. The Morgan fingerprint density at radius 2 is 1.96 bits per heavy atom. The molecule has 0 aliphatic heterocycles. The molecule has 4 nitrogen and oxygen atoms in total. The fraction of sp³-hybridized carbons (Fsp3) is 0.316. The number of carbonyl (C=O) groups is 1. The van der Waals surface area contributed by atoms with Crippen LogP contribution in [0.2, 0.25) is 5.02 Å². The van der Waals surface area contributed by atoms with Crippen LogP contribution >= 0.6 is 11.6 Å². The van der Waals surface area contributed by atoms with E-state index in [1.165, 1.54) is 18.2 Å². The molecule has 0 spiro atoms. The lowest BCUT2D eigenvalue weighted by atomic mass is 10.1. The average molecular weight is 366 g/mol. The predicted octanol–water partition coefficient (Wildman–Crippen LogP) is 5.23. The van der Waals surface area contributed by atoms with Crippen LogP contribution in [-0.4, -0.2) is 19.1 Å². The lowest BCUT2D eigenvalue weighted by Crippen LogP contribution is -2.13.